The fourth-order valence-electron chi connectivity index (χ4n) is 1.70. The minimum absolute atomic E-state index is 0.0619. The van der Waals surface area contributed by atoms with Crippen LogP contribution in [0.25, 0.3) is 0 Å². The molecule has 6 heteroatoms. The zero-order valence-electron chi connectivity index (χ0n) is 12.8. The molecular formula is C15H23BrN2O3. The van der Waals surface area contributed by atoms with Crippen LogP contribution in [0.1, 0.15) is 12.0 Å². The first-order chi connectivity index (χ1) is 10.0. The lowest BCUT2D eigenvalue weighted by molar-refractivity contribution is -0.129. The summed E-state index contributed by atoms with van der Waals surface area (Å²) in [7, 11) is 5.16. The fourth-order valence-corrected chi connectivity index (χ4v) is 2.10. The summed E-state index contributed by atoms with van der Waals surface area (Å²) in [6.45, 7) is 2.52. The number of rotatable bonds is 9. The zero-order chi connectivity index (χ0) is 15.7. The molecule has 1 N–H and O–H groups in total. The largest absolute Gasteiger partial charge is 0.493 e. The number of ether oxygens (including phenoxy) is 2. The van der Waals surface area contributed by atoms with E-state index in [1.54, 1.807) is 26.1 Å². The molecule has 0 aliphatic heterocycles. The van der Waals surface area contributed by atoms with E-state index in [2.05, 4.69) is 21.2 Å². The lowest BCUT2D eigenvalue weighted by Crippen LogP contribution is -2.23. The van der Waals surface area contributed by atoms with Crippen molar-refractivity contribution in [2.75, 3.05) is 41.0 Å². The zero-order valence-corrected chi connectivity index (χ0v) is 14.4. The lowest BCUT2D eigenvalue weighted by atomic mass is 10.2. The molecule has 0 saturated heterocycles. The van der Waals surface area contributed by atoms with Gasteiger partial charge in [0.1, 0.15) is 5.75 Å². The molecule has 0 saturated carbocycles. The fraction of sp³-hybridized carbons (Fsp3) is 0.533. The molecule has 0 radical (unpaired) electrons. The predicted molar refractivity (Wildman–Crippen MR) is 86.5 cm³/mol. The molecule has 0 aliphatic rings. The molecule has 0 fully saturated rings. The molecule has 0 heterocycles. The van der Waals surface area contributed by atoms with Crippen LogP contribution < -0.4 is 10.1 Å². The Kier molecular flexibility index (Phi) is 8.34. The van der Waals surface area contributed by atoms with Crippen LogP contribution in [0.3, 0.4) is 0 Å². The average Bonchev–Trinajstić information content (AvgIpc) is 2.45. The number of methoxy groups -OCH3 is 1. The van der Waals surface area contributed by atoms with E-state index in [1.807, 2.05) is 18.2 Å². The van der Waals surface area contributed by atoms with Gasteiger partial charge in [-0.3, -0.25) is 4.79 Å². The van der Waals surface area contributed by atoms with Gasteiger partial charge in [-0.2, -0.15) is 0 Å². The molecule has 0 aliphatic carbocycles. The summed E-state index contributed by atoms with van der Waals surface area (Å²) in [4.78, 5) is 13.1. The summed E-state index contributed by atoms with van der Waals surface area (Å²) in [6.07, 6.45) is 0.375. The average molecular weight is 359 g/mol. The minimum atomic E-state index is 0.0619. The van der Waals surface area contributed by atoms with Crippen LogP contribution in [0.15, 0.2) is 22.7 Å². The maximum absolute atomic E-state index is 11.5. The van der Waals surface area contributed by atoms with Gasteiger partial charge in [0.2, 0.25) is 5.91 Å². The van der Waals surface area contributed by atoms with E-state index >= 15 is 0 Å². The van der Waals surface area contributed by atoms with E-state index in [0.717, 1.165) is 22.3 Å². The quantitative estimate of drug-likeness (QED) is 0.686. The van der Waals surface area contributed by atoms with Crippen LogP contribution in [0, 0.1) is 0 Å². The molecule has 0 atom stereocenters. The second-order valence-corrected chi connectivity index (χ2v) is 5.72. The number of carbonyl (C=O) groups excluding carboxylic acids is 1. The van der Waals surface area contributed by atoms with Crippen LogP contribution in [-0.4, -0.2) is 51.8 Å². The number of nitrogens with zero attached hydrogens (tertiary/aromatic N) is 1. The van der Waals surface area contributed by atoms with E-state index in [0.29, 0.717) is 26.2 Å². The number of carbonyl (C=O) groups is 1. The van der Waals surface area contributed by atoms with Crippen molar-refractivity contribution in [1.29, 1.82) is 0 Å². The standard InChI is InChI=1S/C15H23BrN2O3/c1-18(2)15(19)6-8-21-14-5-4-13(16)10-12(14)11-17-7-9-20-3/h4-5,10,17H,6-9,11H2,1-3H3. The van der Waals surface area contributed by atoms with Gasteiger partial charge in [0.25, 0.3) is 0 Å². The highest BCUT2D eigenvalue weighted by Crippen LogP contribution is 2.23. The van der Waals surface area contributed by atoms with Crippen molar-refractivity contribution in [3.8, 4) is 5.75 Å². The van der Waals surface area contributed by atoms with Crippen LogP contribution in [-0.2, 0) is 16.1 Å². The topological polar surface area (TPSA) is 50.8 Å². The van der Waals surface area contributed by atoms with E-state index in [-0.39, 0.29) is 5.91 Å². The van der Waals surface area contributed by atoms with Gasteiger partial charge in [-0.15, -0.1) is 0 Å². The third-order valence-corrected chi connectivity index (χ3v) is 3.39. The Labute approximate surface area is 134 Å². The maximum atomic E-state index is 11.5. The second-order valence-electron chi connectivity index (χ2n) is 4.81. The highest BCUT2D eigenvalue weighted by molar-refractivity contribution is 9.10. The van der Waals surface area contributed by atoms with Gasteiger partial charge in [0.15, 0.2) is 0 Å². The third-order valence-electron chi connectivity index (χ3n) is 2.89. The molecule has 0 unspecified atom stereocenters. The SMILES string of the molecule is COCCNCc1cc(Br)ccc1OCCC(=O)N(C)C. The van der Waals surface area contributed by atoms with E-state index in [4.69, 9.17) is 9.47 Å². The number of hydrogen-bond donors (Lipinski definition) is 1. The summed E-state index contributed by atoms with van der Waals surface area (Å²) in [5, 5.41) is 3.29. The van der Waals surface area contributed by atoms with E-state index < -0.39 is 0 Å². The van der Waals surface area contributed by atoms with Gasteiger partial charge in [0.05, 0.1) is 19.6 Å². The minimum Gasteiger partial charge on any atom is -0.493 e. The second kappa shape index (κ2) is 9.76. The molecule has 0 aromatic heterocycles. The lowest BCUT2D eigenvalue weighted by Gasteiger charge is -2.14. The Morgan fingerprint density at radius 2 is 2.10 bits per heavy atom. The van der Waals surface area contributed by atoms with Gasteiger partial charge in [-0.05, 0) is 18.2 Å². The highest BCUT2D eigenvalue weighted by Gasteiger charge is 2.07. The van der Waals surface area contributed by atoms with Crippen molar-refractivity contribution in [2.45, 2.75) is 13.0 Å². The summed E-state index contributed by atoms with van der Waals surface area (Å²) in [5.41, 5.74) is 1.05. The van der Waals surface area contributed by atoms with E-state index in [1.165, 1.54) is 0 Å². The smallest absolute Gasteiger partial charge is 0.225 e. The number of benzene rings is 1. The molecule has 0 bridgehead atoms. The number of nitrogens with one attached hydrogen (secondary N) is 1. The van der Waals surface area contributed by atoms with Crippen LogP contribution in [0.2, 0.25) is 0 Å². The van der Waals surface area contributed by atoms with Gasteiger partial charge in [-0.25, -0.2) is 0 Å². The highest BCUT2D eigenvalue weighted by atomic mass is 79.9. The summed E-state index contributed by atoms with van der Waals surface area (Å²) in [6, 6.07) is 5.86. The van der Waals surface area contributed by atoms with Gasteiger partial charge in [-0.1, -0.05) is 15.9 Å². The number of halogens is 1. The molecule has 1 aromatic rings. The Morgan fingerprint density at radius 3 is 2.76 bits per heavy atom. The number of amides is 1. The molecule has 1 amide bonds. The van der Waals surface area contributed by atoms with Crippen molar-refractivity contribution >= 4 is 21.8 Å². The molecule has 21 heavy (non-hydrogen) atoms. The van der Waals surface area contributed by atoms with Crippen LogP contribution in [0.4, 0.5) is 0 Å². The summed E-state index contributed by atoms with van der Waals surface area (Å²) in [5.74, 6) is 0.863. The van der Waals surface area contributed by atoms with Crippen molar-refractivity contribution in [3.05, 3.63) is 28.2 Å². The monoisotopic (exact) mass is 358 g/mol. The summed E-state index contributed by atoms with van der Waals surface area (Å²) >= 11 is 3.46. The van der Waals surface area contributed by atoms with Gasteiger partial charge in [0, 0.05) is 44.3 Å². The van der Waals surface area contributed by atoms with Gasteiger partial charge < -0.3 is 19.7 Å². The molecule has 1 aromatic carbocycles. The maximum Gasteiger partial charge on any atom is 0.225 e. The van der Waals surface area contributed by atoms with E-state index in [9.17, 15) is 4.79 Å². The first-order valence-corrected chi connectivity index (χ1v) is 7.65. The Bertz CT molecular complexity index is 453. The Balaban J connectivity index is 2.53. The first kappa shape index (κ1) is 17.9. The predicted octanol–water partition coefficient (Wildman–Crippen LogP) is 2.04. The van der Waals surface area contributed by atoms with Gasteiger partial charge >= 0.3 is 0 Å². The molecule has 5 nitrogen and oxygen atoms in total. The van der Waals surface area contributed by atoms with Crippen LogP contribution in [0.5, 0.6) is 5.75 Å². The molecule has 0 spiro atoms. The van der Waals surface area contributed by atoms with Crippen molar-refractivity contribution in [2.24, 2.45) is 0 Å². The normalized spacial score (nSPS) is 10.5. The van der Waals surface area contributed by atoms with Crippen molar-refractivity contribution in [1.82, 2.24) is 10.2 Å². The Hall–Kier alpha value is -1.11. The first-order valence-electron chi connectivity index (χ1n) is 6.85. The third kappa shape index (κ3) is 6.93. The summed E-state index contributed by atoms with van der Waals surface area (Å²) < 4.78 is 11.7. The van der Waals surface area contributed by atoms with Crippen molar-refractivity contribution < 1.29 is 14.3 Å². The Morgan fingerprint density at radius 1 is 1.33 bits per heavy atom. The molecule has 118 valence electrons. The van der Waals surface area contributed by atoms with Crippen molar-refractivity contribution in [3.63, 3.8) is 0 Å². The van der Waals surface area contributed by atoms with Crippen LogP contribution >= 0.6 is 15.9 Å². The molecule has 1 rings (SSSR count). The molecular weight excluding hydrogens is 336 g/mol. The number of hydrogen-bond acceptors (Lipinski definition) is 4.